The van der Waals surface area contributed by atoms with Gasteiger partial charge in [0.25, 0.3) is 11.8 Å². The van der Waals surface area contributed by atoms with Crippen LogP contribution in [-0.2, 0) is 0 Å². The highest BCUT2D eigenvalue weighted by Gasteiger charge is 2.35. The number of nitrogens with zero attached hydrogens (tertiary/aromatic N) is 2. The highest BCUT2D eigenvalue weighted by Crippen LogP contribution is 2.22. The summed E-state index contributed by atoms with van der Waals surface area (Å²) in [6, 6.07) is 14.1. The van der Waals surface area contributed by atoms with Crippen molar-refractivity contribution >= 4 is 18.0 Å². The minimum Gasteiger partial charge on any atom is -0.494 e. The molecule has 2 aromatic carbocycles. The summed E-state index contributed by atoms with van der Waals surface area (Å²) in [6.45, 7) is 4.99. The third-order valence-electron chi connectivity index (χ3n) is 3.94. The Bertz CT molecular complexity index is 775. The summed E-state index contributed by atoms with van der Waals surface area (Å²) in [5.41, 5.74) is 1.56. The molecule has 0 radical (unpaired) electrons. The maximum atomic E-state index is 12.2. The molecule has 0 saturated carbocycles. The summed E-state index contributed by atoms with van der Waals surface area (Å²) in [4.78, 5) is 24.5. The molecule has 2 aromatic rings. The first-order chi connectivity index (χ1) is 12.1. The predicted octanol–water partition coefficient (Wildman–Crippen LogP) is 3.74. The van der Waals surface area contributed by atoms with Crippen LogP contribution in [0.25, 0.3) is 0 Å². The highest BCUT2D eigenvalue weighted by molar-refractivity contribution is 6.21. The fourth-order valence-electron chi connectivity index (χ4n) is 2.47. The van der Waals surface area contributed by atoms with E-state index in [1.165, 1.54) is 6.21 Å². The number of amides is 2. The lowest BCUT2D eigenvalue weighted by molar-refractivity contribution is 0.0660. The van der Waals surface area contributed by atoms with E-state index in [1.807, 2.05) is 24.3 Å². The second-order valence-corrected chi connectivity index (χ2v) is 6.31. The number of carbonyl (C=O) groups excluding carboxylic acids is 2. The van der Waals surface area contributed by atoms with Crippen molar-refractivity contribution in [2.24, 2.45) is 11.0 Å². The van der Waals surface area contributed by atoms with Crippen molar-refractivity contribution in [3.63, 3.8) is 0 Å². The molecule has 2 amide bonds. The van der Waals surface area contributed by atoms with Gasteiger partial charge in [-0.15, -0.1) is 0 Å². The van der Waals surface area contributed by atoms with Crippen molar-refractivity contribution < 1.29 is 14.3 Å². The van der Waals surface area contributed by atoms with Gasteiger partial charge in [0.05, 0.1) is 23.9 Å². The smallest absolute Gasteiger partial charge is 0.282 e. The minimum absolute atomic E-state index is 0.388. The molecule has 5 heteroatoms. The summed E-state index contributed by atoms with van der Waals surface area (Å²) in [5.74, 6) is 0.598. The average Bonchev–Trinajstić information content (AvgIpc) is 2.85. The Morgan fingerprint density at radius 3 is 2.16 bits per heavy atom. The van der Waals surface area contributed by atoms with Gasteiger partial charge in [-0.25, -0.2) is 0 Å². The molecule has 1 aliphatic heterocycles. The predicted molar refractivity (Wildman–Crippen MR) is 95.9 cm³/mol. The molecule has 25 heavy (non-hydrogen) atoms. The lowest BCUT2D eigenvalue weighted by Gasteiger charge is -2.08. The molecule has 0 aliphatic carbocycles. The van der Waals surface area contributed by atoms with Crippen LogP contribution >= 0.6 is 0 Å². The van der Waals surface area contributed by atoms with Gasteiger partial charge in [0.1, 0.15) is 5.75 Å². The van der Waals surface area contributed by atoms with Crippen molar-refractivity contribution in [2.75, 3.05) is 6.61 Å². The fourth-order valence-corrected chi connectivity index (χ4v) is 2.47. The Labute approximate surface area is 146 Å². The number of rotatable bonds is 6. The molecule has 0 N–H and O–H groups in total. The number of imide groups is 1. The Kier molecular flexibility index (Phi) is 4.93. The van der Waals surface area contributed by atoms with Crippen LogP contribution in [0.5, 0.6) is 5.75 Å². The zero-order valence-corrected chi connectivity index (χ0v) is 14.3. The number of hydrazone groups is 1. The monoisotopic (exact) mass is 336 g/mol. The van der Waals surface area contributed by atoms with Gasteiger partial charge < -0.3 is 4.74 Å². The average molecular weight is 336 g/mol. The van der Waals surface area contributed by atoms with Crippen LogP contribution in [0, 0.1) is 5.92 Å². The second-order valence-electron chi connectivity index (χ2n) is 6.31. The van der Waals surface area contributed by atoms with E-state index in [9.17, 15) is 9.59 Å². The number of fused-ring (bicyclic) bond motifs is 1. The third-order valence-corrected chi connectivity index (χ3v) is 3.94. The molecule has 128 valence electrons. The van der Waals surface area contributed by atoms with E-state index < -0.39 is 11.8 Å². The van der Waals surface area contributed by atoms with Crippen LogP contribution in [0.1, 0.15) is 46.5 Å². The van der Waals surface area contributed by atoms with Crippen LogP contribution in [0.15, 0.2) is 53.6 Å². The molecule has 5 nitrogen and oxygen atoms in total. The van der Waals surface area contributed by atoms with E-state index in [1.54, 1.807) is 24.3 Å². The lowest BCUT2D eigenvalue weighted by atomic mass is 10.1. The molecular weight excluding hydrogens is 316 g/mol. The Morgan fingerprint density at radius 2 is 1.60 bits per heavy atom. The number of carbonyl (C=O) groups is 2. The molecule has 0 spiro atoms. The first kappa shape index (κ1) is 16.9. The van der Waals surface area contributed by atoms with Crippen molar-refractivity contribution in [2.45, 2.75) is 20.3 Å². The molecule has 0 saturated heterocycles. The van der Waals surface area contributed by atoms with Gasteiger partial charge in [0, 0.05) is 0 Å². The largest absolute Gasteiger partial charge is 0.494 e. The molecule has 0 bridgehead atoms. The number of hydrogen-bond donors (Lipinski definition) is 0. The summed E-state index contributed by atoms with van der Waals surface area (Å²) < 4.78 is 5.66. The van der Waals surface area contributed by atoms with Crippen molar-refractivity contribution in [3.8, 4) is 5.75 Å². The molecule has 0 unspecified atom stereocenters. The number of hydrogen-bond acceptors (Lipinski definition) is 4. The molecule has 0 aromatic heterocycles. The van der Waals surface area contributed by atoms with Gasteiger partial charge in [0.15, 0.2) is 0 Å². The summed E-state index contributed by atoms with van der Waals surface area (Å²) >= 11 is 0. The maximum Gasteiger partial charge on any atom is 0.282 e. The number of benzene rings is 2. The molecule has 1 aliphatic rings. The second kappa shape index (κ2) is 7.30. The summed E-state index contributed by atoms with van der Waals surface area (Å²) in [6.07, 6.45) is 2.50. The van der Waals surface area contributed by atoms with Gasteiger partial charge in [-0.2, -0.15) is 10.1 Å². The normalized spacial score (nSPS) is 13.8. The van der Waals surface area contributed by atoms with E-state index in [2.05, 4.69) is 18.9 Å². The quantitative estimate of drug-likeness (QED) is 0.596. The van der Waals surface area contributed by atoms with Gasteiger partial charge in [-0.3, -0.25) is 9.59 Å². The van der Waals surface area contributed by atoms with Crippen LogP contribution in [-0.4, -0.2) is 29.6 Å². The van der Waals surface area contributed by atoms with Crippen LogP contribution in [0.3, 0.4) is 0 Å². The lowest BCUT2D eigenvalue weighted by Crippen LogP contribution is -2.23. The first-order valence-electron chi connectivity index (χ1n) is 8.31. The Hall–Kier alpha value is -2.95. The van der Waals surface area contributed by atoms with E-state index in [0.717, 1.165) is 22.7 Å². The van der Waals surface area contributed by atoms with E-state index in [4.69, 9.17) is 4.74 Å². The van der Waals surface area contributed by atoms with Gasteiger partial charge in [0.2, 0.25) is 0 Å². The molecule has 3 rings (SSSR count). The zero-order valence-electron chi connectivity index (χ0n) is 14.3. The maximum absolute atomic E-state index is 12.2. The first-order valence-corrected chi connectivity index (χ1v) is 8.31. The van der Waals surface area contributed by atoms with E-state index in [-0.39, 0.29) is 0 Å². The zero-order chi connectivity index (χ0) is 17.8. The van der Waals surface area contributed by atoms with Crippen LogP contribution in [0.2, 0.25) is 0 Å². The van der Waals surface area contributed by atoms with Crippen LogP contribution < -0.4 is 4.74 Å². The fraction of sp³-hybridized carbons (Fsp3) is 0.250. The minimum atomic E-state index is -0.398. The van der Waals surface area contributed by atoms with Crippen LogP contribution in [0.4, 0.5) is 0 Å². The van der Waals surface area contributed by atoms with Crippen molar-refractivity contribution in [3.05, 3.63) is 65.2 Å². The van der Waals surface area contributed by atoms with Crippen molar-refractivity contribution in [1.82, 2.24) is 5.01 Å². The third kappa shape index (κ3) is 3.76. The number of ether oxygens (including phenoxy) is 1. The molecule has 1 heterocycles. The molecule has 0 atom stereocenters. The Balaban J connectivity index is 1.65. The highest BCUT2D eigenvalue weighted by atomic mass is 16.5. The van der Waals surface area contributed by atoms with Gasteiger partial charge in [-0.05, 0) is 54.3 Å². The standard InChI is InChI=1S/C20H20N2O3/c1-14(2)11-12-25-16-9-7-15(8-10-16)13-21-22-19(23)17-5-3-4-6-18(17)20(22)24/h3-10,13-14H,11-12H2,1-2H3/b21-13+. The van der Waals surface area contributed by atoms with Crippen molar-refractivity contribution in [1.29, 1.82) is 0 Å². The van der Waals surface area contributed by atoms with Gasteiger partial charge >= 0.3 is 0 Å². The van der Waals surface area contributed by atoms with Gasteiger partial charge in [-0.1, -0.05) is 26.0 Å². The SMILES string of the molecule is CC(C)CCOc1ccc(/C=N/N2C(=O)c3ccccc3C2=O)cc1. The summed E-state index contributed by atoms with van der Waals surface area (Å²) in [5, 5.41) is 4.95. The topological polar surface area (TPSA) is 59.0 Å². The summed E-state index contributed by atoms with van der Waals surface area (Å²) in [7, 11) is 0. The van der Waals surface area contributed by atoms with E-state index in [0.29, 0.717) is 23.7 Å². The molecular formula is C20H20N2O3. The molecule has 0 fully saturated rings. The van der Waals surface area contributed by atoms with E-state index >= 15 is 0 Å². The Morgan fingerprint density at radius 1 is 1.00 bits per heavy atom.